The van der Waals surface area contributed by atoms with Crippen LogP contribution in [0.5, 0.6) is 0 Å². The molecule has 0 aromatic carbocycles. The van der Waals surface area contributed by atoms with E-state index in [0.29, 0.717) is 25.6 Å². The first-order valence-corrected chi connectivity index (χ1v) is 8.75. The first-order valence-electron chi connectivity index (χ1n) is 6.22. The van der Waals surface area contributed by atoms with Crippen LogP contribution in [-0.2, 0) is 14.8 Å². The number of hydrogen-bond acceptors (Lipinski definition) is 3. The number of sulfonamides is 1. The maximum atomic E-state index is 12.2. The molecule has 2 aliphatic rings. The minimum Gasteiger partial charge on any atom is -0.377 e. The van der Waals surface area contributed by atoms with Crippen LogP contribution in [0.3, 0.4) is 0 Å². The summed E-state index contributed by atoms with van der Waals surface area (Å²) in [5.74, 6) is 0.699. The Kier molecular flexibility index (Phi) is 4.50. The van der Waals surface area contributed by atoms with Crippen LogP contribution in [0.1, 0.15) is 26.2 Å². The number of alkyl halides is 1. The minimum atomic E-state index is -3.14. The van der Waals surface area contributed by atoms with E-state index in [0.717, 1.165) is 19.3 Å². The number of halogens is 1. The normalized spacial score (nSPS) is 36.2. The number of piperidine rings is 1. The molecule has 0 radical (unpaired) electrons. The topological polar surface area (TPSA) is 46.6 Å². The highest BCUT2D eigenvalue weighted by atomic mass is 79.9. The second-order valence-corrected chi connectivity index (χ2v) is 8.24. The fourth-order valence-electron chi connectivity index (χ4n) is 2.36. The fraction of sp³-hybridized carbons (Fsp3) is 1.00. The quantitative estimate of drug-likeness (QED) is 0.740. The molecule has 2 saturated heterocycles. The predicted molar refractivity (Wildman–Crippen MR) is 70.8 cm³/mol. The van der Waals surface area contributed by atoms with E-state index in [4.69, 9.17) is 4.74 Å². The van der Waals surface area contributed by atoms with E-state index in [1.165, 1.54) is 0 Å². The van der Waals surface area contributed by atoms with Crippen molar-refractivity contribution in [3.63, 3.8) is 0 Å². The molecule has 0 saturated carbocycles. The average molecular weight is 326 g/mol. The molecule has 3 unspecified atom stereocenters. The zero-order valence-corrected chi connectivity index (χ0v) is 12.5. The van der Waals surface area contributed by atoms with Crippen molar-refractivity contribution in [3.8, 4) is 0 Å². The molecule has 0 spiro atoms. The third-order valence-corrected chi connectivity index (χ3v) is 6.75. The summed E-state index contributed by atoms with van der Waals surface area (Å²) in [6, 6.07) is 0. The molecule has 0 N–H and O–H groups in total. The van der Waals surface area contributed by atoms with Crippen molar-refractivity contribution in [3.05, 3.63) is 0 Å². The molecule has 2 heterocycles. The maximum Gasteiger partial charge on any atom is 0.216 e. The summed E-state index contributed by atoms with van der Waals surface area (Å²) in [5.41, 5.74) is 0. The van der Waals surface area contributed by atoms with Gasteiger partial charge in [-0.15, -0.1) is 0 Å². The Bertz CT molecular complexity index is 354. The van der Waals surface area contributed by atoms with Gasteiger partial charge in [-0.05, 0) is 25.2 Å². The molecular weight excluding hydrogens is 306 g/mol. The summed E-state index contributed by atoms with van der Waals surface area (Å²) in [6.07, 6.45) is 2.70. The molecule has 0 aromatic rings. The summed E-state index contributed by atoms with van der Waals surface area (Å²) in [5, 5.41) is 0. The minimum absolute atomic E-state index is 0.0897. The molecule has 2 rings (SSSR count). The van der Waals surface area contributed by atoms with Crippen LogP contribution in [0.4, 0.5) is 0 Å². The fourth-order valence-corrected chi connectivity index (χ4v) is 4.88. The molecule has 0 bridgehead atoms. The molecule has 17 heavy (non-hydrogen) atoms. The lowest BCUT2D eigenvalue weighted by atomic mass is 10.0. The van der Waals surface area contributed by atoms with Crippen LogP contribution in [0.2, 0.25) is 0 Å². The van der Waals surface area contributed by atoms with Gasteiger partial charge in [0.2, 0.25) is 10.0 Å². The molecular formula is C11H20BrNO3S. The number of rotatable bonds is 3. The summed E-state index contributed by atoms with van der Waals surface area (Å²) in [4.78, 5) is 0.274. The van der Waals surface area contributed by atoms with E-state index in [1.807, 2.05) is 0 Å². The molecule has 2 fully saturated rings. The molecule has 0 aliphatic carbocycles. The third-order valence-electron chi connectivity index (χ3n) is 3.64. The Morgan fingerprint density at radius 2 is 2.18 bits per heavy atom. The molecule has 0 amide bonds. The van der Waals surface area contributed by atoms with Gasteiger partial charge in [-0.1, -0.05) is 22.9 Å². The first-order chi connectivity index (χ1) is 7.99. The third kappa shape index (κ3) is 3.43. The van der Waals surface area contributed by atoms with Crippen LogP contribution in [-0.4, -0.2) is 49.1 Å². The Morgan fingerprint density at radius 3 is 2.76 bits per heavy atom. The number of nitrogens with zero attached hydrogens (tertiary/aromatic N) is 1. The predicted octanol–water partition coefficient (Wildman–Crippen LogP) is 1.60. The summed E-state index contributed by atoms with van der Waals surface area (Å²) >= 11 is 3.56. The Balaban J connectivity index is 1.95. The first kappa shape index (κ1) is 13.8. The van der Waals surface area contributed by atoms with E-state index in [2.05, 4.69) is 22.9 Å². The molecule has 100 valence electrons. The van der Waals surface area contributed by atoms with Crippen molar-refractivity contribution >= 4 is 26.0 Å². The van der Waals surface area contributed by atoms with Gasteiger partial charge < -0.3 is 4.74 Å². The van der Waals surface area contributed by atoms with Gasteiger partial charge in [-0.3, -0.25) is 0 Å². The molecule has 6 heteroatoms. The van der Waals surface area contributed by atoms with Gasteiger partial charge >= 0.3 is 0 Å². The van der Waals surface area contributed by atoms with E-state index in [1.54, 1.807) is 4.31 Å². The largest absolute Gasteiger partial charge is 0.377 e. The van der Waals surface area contributed by atoms with E-state index in [9.17, 15) is 8.42 Å². The van der Waals surface area contributed by atoms with Gasteiger partial charge in [0.25, 0.3) is 0 Å². The molecule has 3 atom stereocenters. The monoisotopic (exact) mass is 325 g/mol. The second kappa shape index (κ2) is 5.55. The number of ether oxygens (including phenoxy) is 1. The SMILES string of the molecule is CC1CCN(S(=O)(=O)CC2CCCO2)CC1Br. The van der Waals surface area contributed by atoms with Crippen molar-refractivity contribution in [2.45, 2.75) is 37.1 Å². The smallest absolute Gasteiger partial charge is 0.216 e. The summed E-state index contributed by atoms with van der Waals surface area (Å²) < 4.78 is 31.5. The van der Waals surface area contributed by atoms with Crippen molar-refractivity contribution in [2.24, 2.45) is 5.92 Å². The Morgan fingerprint density at radius 1 is 1.41 bits per heavy atom. The van der Waals surface area contributed by atoms with Crippen molar-refractivity contribution in [2.75, 3.05) is 25.4 Å². The van der Waals surface area contributed by atoms with E-state index < -0.39 is 10.0 Å². The standard InChI is InChI=1S/C11H20BrNO3S/c1-9-4-5-13(7-11(9)12)17(14,15)8-10-3-2-6-16-10/h9-11H,2-8H2,1H3. The molecule has 2 aliphatic heterocycles. The van der Waals surface area contributed by atoms with Gasteiger partial charge in [0.15, 0.2) is 0 Å². The summed E-state index contributed by atoms with van der Waals surface area (Å²) in [7, 11) is -3.14. The van der Waals surface area contributed by atoms with Crippen LogP contribution in [0.15, 0.2) is 0 Å². The van der Waals surface area contributed by atoms with Gasteiger partial charge in [-0.25, -0.2) is 12.7 Å². The van der Waals surface area contributed by atoms with Crippen molar-refractivity contribution in [1.82, 2.24) is 4.31 Å². The highest BCUT2D eigenvalue weighted by molar-refractivity contribution is 9.09. The van der Waals surface area contributed by atoms with Crippen LogP contribution in [0.25, 0.3) is 0 Å². The van der Waals surface area contributed by atoms with Gasteiger partial charge in [-0.2, -0.15) is 0 Å². The lowest BCUT2D eigenvalue weighted by molar-refractivity contribution is 0.126. The lowest BCUT2D eigenvalue weighted by Crippen LogP contribution is -2.45. The van der Waals surface area contributed by atoms with E-state index in [-0.39, 0.29) is 16.7 Å². The van der Waals surface area contributed by atoms with Gasteiger partial charge in [0.1, 0.15) is 0 Å². The Hall–Kier alpha value is 0.350. The Labute approximate surface area is 112 Å². The second-order valence-electron chi connectivity index (χ2n) is 5.05. The van der Waals surface area contributed by atoms with Crippen LogP contribution < -0.4 is 0 Å². The highest BCUT2D eigenvalue weighted by Gasteiger charge is 2.33. The van der Waals surface area contributed by atoms with Gasteiger partial charge in [0.05, 0.1) is 11.9 Å². The lowest BCUT2D eigenvalue weighted by Gasteiger charge is -2.33. The number of hydrogen-bond donors (Lipinski definition) is 0. The van der Waals surface area contributed by atoms with Crippen molar-refractivity contribution < 1.29 is 13.2 Å². The molecule has 4 nitrogen and oxygen atoms in total. The average Bonchev–Trinajstić information content (AvgIpc) is 2.73. The van der Waals surface area contributed by atoms with Crippen molar-refractivity contribution in [1.29, 1.82) is 0 Å². The van der Waals surface area contributed by atoms with E-state index >= 15 is 0 Å². The molecule has 0 aromatic heterocycles. The zero-order chi connectivity index (χ0) is 12.5. The maximum absolute atomic E-state index is 12.2. The van der Waals surface area contributed by atoms with Gasteiger partial charge in [0, 0.05) is 24.5 Å². The highest BCUT2D eigenvalue weighted by Crippen LogP contribution is 2.26. The zero-order valence-electron chi connectivity index (χ0n) is 10.1. The summed E-state index contributed by atoms with van der Waals surface area (Å²) in [6.45, 7) is 4.11. The van der Waals surface area contributed by atoms with Crippen LogP contribution >= 0.6 is 15.9 Å². The van der Waals surface area contributed by atoms with Crippen LogP contribution in [0, 0.1) is 5.92 Å².